The van der Waals surface area contributed by atoms with Crippen molar-refractivity contribution >= 4 is 33.2 Å². The van der Waals surface area contributed by atoms with Crippen LogP contribution in [0.15, 0.2) is 6.07 Å². The van der Waals surface area contributed by atoms with Gasteiger partial charge in [0.15, 0.2) is 0 Å². The number of nitrogens with one attached hydrogen (secondary N) is 1. The summed E-state index contributed by atoms with van der Waals surface area (Å²) in [5, 5.41) is 4.23. The lowest BCUT2D eigenvalue weighted by Crippen LogP contribution is -2.37. The molecule has 1 heterocycles. The minimum Gasteiger partial charge on any atom is -0.348 e. The van der Waals surface area contributed by atoms with Gasteiger partial charge in [0, 0.05) is 16.2 Å². The van der Waals surface area contributed by atoms with Crippen molar-refractivity contribution in [3.63, 3.8) is 0 Å². The first kappa shape index (κ1) is 12.7. The van der Waals surface area contributed by atoms with Crippen molar-refractivity contribution in [2.45, 2.75) is 44.6 Å². The van der Waals surface area contributed by atoms with Crippen LogP contribution in [0, 0.1) is 5.92 Å². The molecule has 18 heavy (non-hydrogen) atoms. The molecule has 1 N–H and O–H groups in total. The molecule has 2 aliphatic carbocycles. The Bertz CT molecular complexity index is 435. The first-order valence-electron chi connectivity index (χ1n) is 6.76. The second kappa shape index (κ2) is 5.33. The minimum absolute atomic E-state index is 0.146. The zero-order chi connectivity index (χ0) is 12.5. The summed E-state index contributed by atoms with van der Waals surface area (Å²) in [5.41, 5.74) is 1.41. The highest BCUT2D eigenvalue weighted by atomic mass is 79.9. The lowest BCUT2D eigenvalue weighted by atomic mass is 10.1. The van der Waals surface area contributed by atoms with E-state index in [0.29, 0.717) is 12.0 Å². The average Bonchev–Trinajstić information content (AvgIpc) is 3.02. The third-order valence-electron chi connectivity index (χ3n) is 4.14. The van der Waals surface area contributed by atoms with Gasteiger partial charge in [-0.1, -0.05) is 22.4 Å². The standard InChI is InChI=1S/C14H18BrNOS/c15-8-10-4-1-5-11(10)16-14(17)13-7-9-3-2-6-12(9)18-13/h7,10-11H,1-6,8H2,(H,16,17). The molecule has 1 aromatic rings. The Hall–Kier alpha value is -0.350. The minimum atomic E-state index is 0.146. The van der Waals surface area contributed by atoms with Gasteiger partial charge in [0.25, 0.3) is 5.91 Å². The van der Waals surface area contributed by atoms with Gasteiger partial charge in [0.2, 0.25) is 0 Å². The highest BCUT2D eigenvalue weighted by Gasteiger charge is 2.28. The summed E-state index contributed by atoms with van der Waals surface area (Å²) in [4.78, 5) is 14.6. The number of rotatable bonds is 3. The second-order valence-electron chi connectivity index (χ2n) is 5.34. The number of amides is 1. The van der Waals surface area contributed by atoms with Crippen molar-refractivity contribution in [2.75, 3.05) is 5.33 Å². The van der Waals surface area contributed by atoms with E-state index in [1.54, 1.807) is 11.3 Å². The summed E-state index contributed by atoms with van der Waals surface area (Å²) in [5.74, 6) is 0.757. The fourth-order valence-electron chi connectivity index (χ4n) is 3.09. The van der Waals surface area contributed by atoms with Gasteiger partial charge in [-0.05, 0) is 49.7 Å². The van der Waals surface area contributed by atoms with E-state index < -0.39 is 0 Å². The lowest BCUT2D eigenvalue weighted by Gasteiger charge is -2.18. The van der Waals surface area contributed by atoms with Crippen LogP contribution in [0.5, 0.6) is 0 Å². The molecular weight excluding hydrogens is 310 g/mol. The fourth-order valence-corrected chi connectivity index (χ4v) is 5.02. The Morgan fingerprint density at radius 2 is 2.28 bits per heavy atom. The SMILES string of the molecule is O=C(NC1CCCC1CBr)c1cc2c(s1)CCC2. The van der Waals surface area contributed by atoms with E-state index in [-0.39, 0.29) is 5.91 Å². The maximum Gasteiger partial charge on any atom is 0.261 e. The summed E-state index contributed by atoms with van der Waals surface area (Å²) >= 11 is 5.25. The number of hydrogen-bond donors (Lipinski definition) is 1. The van der Waals surface area contributed by atoms with Crippen LogP contribution in [0.3, 0.4) is 0 Å². The molecule has 98 valence electrons. The van der Waals surface area contributed by atoms with E-state index in [9.17, 15) is 4.79 Å². The number of hydrogen-bond acceptors (Lipinski definition) is 2. The van der Waals surface area contributed by atoms with Crippen molar-refractivity contribution in [3.05, 3.63) is 21.4 Å². The number of carbonyl (C=O) groups is 1. The molecule has 0 aromatic carbocycles. The maximum absolute atomic E-state index is 12.3. The highest BCUT2D eigenvalue weighted by molar-refractivity contribution is 9.09. The van der Waals surface area contributed by atoms with E-state index in [1.165, 1.54) is 36.1 Å². The number of halogens is 1. The molecule has 0 bridgehead atoms. The van der Waals surface area contributed by atoms with Gasteiger partial charge >= 0.3 is 0 Å². The van der Waals surface area contributed by atoms with E-state index in [4.69, 9.17) is 0 Å². The Morgan fingerprint density at radius 1 is 1.39 bits per heavy atom. The van der Waals surface area contributed by atoms with E-state index >= 15 is 0 Å². The summed E-state index contributed by atoms with van der Waals surface area (Å²) < 4.78 is 0. The Balaban J connectivity index is 1.67. The molecule has 1 aromatic heterocycles. The average molecular weight is 328 g/mol. The summed E-state index contributed by atoms with van der Waals surface area (Å²) in [7, 11) is 0. The van der Waals surface area contributed by atoms with Crippen LogP contribution in [0.4, 0.5) is 0 Å². The third kappa shape index (κ3) is 2.37. The van der Waals surface area contributed by atoms with Gasteiger partial charge < -0.3 is 5.32 Å². The first-order valence-corrected chi connectivity index (χ1v) is 8.70. The molecule has 0 saturated heterocycles. The van der Waals surface area contributed by atoms with Crippen LogP contribution < -0.4 is 5.32 Å². The normalized spacial score (nSPS) is 26.3. The van der Waals surface area contributed by atoms with Crippen LogP contribution >= 0.6 is 27.3 Å². The molecule has 1 fully saturated rings. The van der Waals surface area contributed by atoms with Crippen LogP contribution in [0.2, 0.25) is 0 Å². The van der Waals surface area contributed by atoms with Crippen molar-refractivity contribution < 1.29 is 4.79 Å². The van der Waals surface area contributed by atoms with Crippen molar-refractivity contribution in [1.82, 2.24) is 5.32 Å². The van der Waals surface area contributed by atoms with Gasteiger partial charge in [-0.3, -0.25) is 4.79 Å². The highest BCUT2D eigenvalue weighted by Crippen LogP contribution is 2.31. The van der Waals surface area contributed by atoms with Gasteiger partial charge in [-0.15, -0.1) is 11.3 Å². The third-order valence-corrected chi connectivity index (χ3v) is 6.21. The number of fused-ring (bicyclic) bond motifs is 1. The Kier molecular flexibility index (Phi) is 3.76. The molecule has 2 atom stereocenters. The van der Waals surface area contributed by atoms with Crippen molar-refractivity contribution in [3.8, 4) is 0 Å². The zero-order valence-electron chi connectivity index (χ0n) is 10.4. The summed E-state index contributed by atoms with van der Waals surface area (Å²) in [6, 6.07) is 2.48. The quantitative estimate of drug-likeness (QED) is 0.845. The molecule has 1 amide bonds. The van der Waals surface area contributed by atoms with E-state index in [2.05, 4.69) is 27.3 Å². The van der Waals surface area contributed by atoms with E-state index in [1.807, 2.05) is 0 Å². The topological polar surface area (TPSA) is 29.1 Å². The monoisotopic (exact) mass is 327 g/mol. The van der Waals surface area contributed by atoms with Gasteiger partial charge in [-0.2, -0.15) is 0 Å². The van der Waals surface area contributed by atoms with Gasteiger partial charge in [0.05, 0.1) is 4.88 Å². The molecule has 2 aliphatic rings. The predicted octanol–water partition coefficient (Wildman–Crippen LogP) is 3.53. The lowest BCUT2D eigenvalue weighted by molar-refractivity contribution is 0.0934. The Labute approximate surface area is 120 Å². The molecule has 0 radical (unpaired) electrons. The second-order valence-corrected chi connectivity index (χ2v) is 7.12. The van der Waals surface area contributed by atoms with Crippen LogP contribution in [0.25, 0.3) is 0 Å². The summed E-state index contributed by atoms with van der Waals surface area (Å²) in [6.45, 7) is 0. The molecular formula is C14H18BrNOS. The van der Waals surface area contributed by atoms with Crippen molar-refractivity contribution in [1.29, 1.82) is 0 Å². The number of carbonyl (C=O) groups excluding carboxylic acids is 1. The Morgan fingerprint density at radius 3 is 3.06 bits per heavy atom. The number of aryl methyl sites for hydroxylation is 2. The summed E-state index contributed by atoms with van der Waals surface area (Å²) in [6.07, 6.45) is 7.19. The van der Waals surface area contributed by atoms with Crippen LogP contribution in [-0.4, -0.2) is 17.3 Å². The molecule has 0 spiro atoms. The number of alkyl halides is 1. The predicted molar refractivity (Wildman–Crippen MR) is 78.7 cm³/mol. The van der Waals surface area contributed by atoms with Crippen LogP contribution in [-0.2, 0) is 12.8 Å². The van der Waals surface area contributed by atoms with Crippen molar-refractivity contribution in [2.24, 2.45) is 5.92 Å². The molecule has 1 saturated carbocycles. The van der Waals surface area contributed by atoms with Gasteiger partial charge in [-0.25, -0.2) is 0 Å². The first-order chi connectivity index (χ1) is 8.78. The van der Waals surface area contributed by atoms with E-state index in [0.717, 1.165) is 23.0 Å². The molecule has 0 aliphatic heterocycles. The number of thiophene rings is 1. The van der Waals surface area contributed by atoms with Gasteiger partial charge in [0.1, 0.15) is 0 Å². The maximum atomic E-state index is 12.3. The molecule has 4 heteroatoms. The zero-order valence-corrected chi connectivity index (χ0v) is 12.8. The largest absolute Gasteiger partial charge is 0.348 e. The molecule has 3 rings (SSSR count). The molecule has 2 unspecified atom stereocenters. The smallest absolute Gasteiger partial charge is 0.261 e. The van der Waals surface area contributed by atoms with Crippen LogP contribution in [0.1, 0.15) is 45.8 Å². The molecule has 2 nitrogen and oxygen atoms in total. The fraction of sp³-hybridized carbons (Fsp3) is 0.643.